The van der Waals surface area contributed by atoms with Gasteiger partial charge in [0.2, 0.25) is 0 Å². The van der Waals surface area contributed by atoms with Crippen LogP contribution in [0.4, 0.5) is 0 Å². The second kappa shape index (κ2) is 5.69. The first-order chi connectivity index (χ1) is 7.54. The average Bonchev–Trinajstić information content (AvgIpc) is 2.27. The molecule has 0 aliphatic carbocycles. The molecular weight excluding hydrogens is 200 g/mol. The molecule has 0 fully saturated rings. The van der Waals surface area contributed by atoms with Crippen LogP contribution in [0, 0.1) is 0 Å². The molecule has 0 bridgehead atoms. The van der Waals surface area contributed by atoms with Gasteiger partial charge in [0.1, 0.15) is 0 Å². The summed E-state index contributed by atoms with van der Waals surface area (Å²) in [5.41, 5.74) is 1.89. The Morgan fingerprint density at radius 1 is 1.19 bits per heavy atom. The lowest BCUT2D eigenvalue weighted by Gasteiger charge is -2.10. The second-order valence-electron chi connectivity index (χ2n) is 4.39. The lowest BCUT2D eigenvalue weighted by atomic mass is 9.98. The molecule has 2 heteroatoms. The van der Waals surface area contributed by atoms with E-state index < -0.39 is 0 Å². The van der Waals surface area contributed by atoms with Gasteiger partial charge in [-0.05, 0) is 43.9 Å². The summed E-state index contributed by atoms with van der Waals surface area (Å²) in [5.74, 6) is 0.292. The molecule has 88 valence electrons. The topological polar surface area (TPSA) is 26.3 Å². The van der Waals surface area contributed by atoms with E-state index in [9.17, 15) is 4.79 Å². The van der Waals surface area contributed by atoms with Gasteiger partial charge in [0.25, 0.3) is 0 Å². The van der Waals surface area contributed by atoms with E-state index in [0.717, 1.165) is 6.42 Å². The molecule has 0 saturated heterocycles. The van der Waals surface area contributed by atoms with Crippen LogP contribution in [0.15, 0.2) is 24.3 Å². The van der Waals surface area contributed by atoms with Crippen molar-refractivity contribution in [3.63, 3.8) is 0 Å². The van der Waals surface area contributed by atoms with Gasteiger partial charge >= 0.3 is 5.97 Å². The summed E-state index contributed by atoms with van der Waals surface area (Å²) in [6.45, 7) is 8.05. The first kappa shape index (κ1) is 12.8. The smallest absolute Gasteiger partial charge is 0.338 e. The second-order valence-corrected chi connectivity index (χ2v) is 4.39. The van der Waals surface area contributed by atoms with Crippen LogP contribution in [0.25, 0.3) is 0 Å². The number of benzene rings is 1. The number of hydrogen-bond donors (Lipinski definition) is 0. The zero-order chi connectivity index (χ0) is 12.1. The summed E-state index contributed by atoms with van der Waals surface area (Å²) in [7, 11) is 0. The van der Waals surface area contributed by atoms with Crippen molar-refractivity contribution in [1.29, 1.82) is 0 Å². The summed E-state index contributed by atoms with van der Waals surface area (Å²) < 4.78 is 5.12. The molecule has 0 heterocycles. The van der Waals surface area contributed by atoms with E-state index in [1.807, 2.05) is 38.1 Å². The van der Waals surface area contributed by atoms with Gasteiger partial charge in [-0.1, -0.05) is 26.0 Å². The molecule has 0 N–H and O–H groups in total. The SMILES string of the molecule is CCC(C)c1ccc(C(=O)OC(C)C)cc1. The Morgan fingerprint density at radius 3 is 2.19 bits per heavy atom. The molecule has 1 unspecified atom stereocenters. The molecule has 0 aromatic heterocycles. The van der Waals surface area contributed by atoms with Gasteiger partial charge < -0.3 is 4.74 Å². The molecular formula is C14H20O2. The van der Waals surface area contributed by atoms with Crippen LogP contribution >= 0.6 is 0 Å². The zero-order valence-corrected chi connectivity index (χ0v) is 10.5. The van der Waals surface area contributed by atoms with Gasteiger partial charge in [-0.3, -0.25) is 0 Å². The Morgan fingerprint density at radius 2 is 1.75 bits per heavy atom. The molecule has 0 spiro atoms. The van der Waals surface area contributed by atoms with Crippen LogP contribution in [0.1, 0.15) is 56.0 Å². The van der Waals surface area contributed by atoms with Crippen molar-refractivity contribution >= 4 is 5.97 Å². The van der Waals surface area contributed by atoms with Gasteiger partial charge in [0.15, 0.2) is 0 Å². The predicted octanol–water partition coefficient (Wildman–Crippen LogP) is 3.77. The minimum absolute atomic E-state index is 0.0678. The van der Waals surface area contributed by atoms with Gasteiger partial charge in [-0.25, -0.2) is 4.79 Å². The standard InChI is InChI=1S/C14H20O2/c1-5-11(4)12-6-8-13(9-7-12)14(15)16-10(2)3/h6-11H,5H2,1-4H3. The van der Waals surface area contributed by atoms with E-state index in [1.54, 1.807) is 0 Å². The third-order valence-electron chi connectivity index (χ3n) is 2.67. The maximum Gasteiger partial charge on any atom is 0.338 e. The van der Waals surface area contributed by atoms with Crippen molar-refractivity contribution in [2.75, 3.05) is 0 Å². The van der Waals surface area contributed by atoms with E-state index in [0.29, 0.717) is 11.5 Å². The van der Waals surface area contributed by atoms with Crippen LogP contribution in [-0.2, 0) is 4.74 Å². The Balaban J connectivity index is 2.74. The lowest BCUT2D eigenvalue weighted by Crippen LogP contribution is -2.11. The summed E-state index contributed by atoms with van der Waals surface area (Å²) in [6.07, 6.45) is 1.04. The molecule has 2 nitrogen and oxygen atoms in total. The predicted molar refractivity (Wildman–Crippen MR) is 65.7 cm³/mol. The highest BCUT2D eigenvalue weighted by Crippen LogP contribution is 2.19. The van der Waals surface area contributed by atoms with Crippen LogP contribution in [0.5, 0.6) is 0 Å². The Kier molecular flexibility index (Phi) is 4.53. The molecule has 0 amide bonds. The Labute approximate surface area is 97.6 Å². The fourth-order valence-corrected chi connectivity index (χ4v) is 1.47. The summed E-state index contributed by atoms with van der Waals surface area (Å²) >= 11 is 0. The van der Waals surface area contributed by atoms with Gasteiger partial charge in [-0.15, -0.1) is 0 Å². The number of carbonyl (C=O) groups excluding carboxylic acids is 1. The molecule has 0 saturated carbocycles. The summed E-state index contributed by atoms with van der Waals surface area (Å²) in [5, 5.41) is 0. The maximum atomic E-state index is 11.6. The third-order valence-corrected chi connectivity index (χ3v) is 2.67. The first-order valence-electron chi connectivity index (χ1n) is 5.85. The largest absolute Gasteiger partial charge is 0.459 e. The van der Waals surface area contributed by atoms with Gasteiger partial charge in [0.05, 0.1) is 11.7 Å². The Bertz CT molecular complexity index is 338. The molecule has 0 aliphatic heterocycles. The normalized spacial score (nSPS) is 12.6. The number of esters is 1. The first-order valence-corrected chi connectivity index (χ1v) is 5.85. The quantitative estimate of drug-likeness (QED) is 0.722. The highest BCUT2D eigenvalue weighted by atomic mass is 16.5. The minimum atomic E-state index is -0.245. The van der Waals surface area contributed by atoms with Crippen molar-refractivity contribution in [2.45, 2.75) is 46.1 Å². The van der Waals surface area contributed by atoms with Gasteiger partial charge in [-0.2, -0.15) is 0 Å². The van der Waals surface area contributed by atoms with E-state index >= 15 is 0 Å². The van der Waals surface area contributed by atoms with E-state index in [4.69, 9.17) is 4.74 Å². The summed E-state index contributed by atoms with van der Waals surface area (Å²) in [4.78, 5) is 11.6. The molecule has 1 atom stereocenters. The van der Waals surface area contributed by atoms with Crippen molar-refractivity contribution in [1.82, 2.24) is 0 Å². The molecule has 1 aromatic carbocycles. The monoisotopic (exact) mass is 220 g/mol. The molecule has 1 rings (SSSR count). The fourth-order valence-electron chi connectivity index (χ4n) is 1.47. The van der Waals surface area contributed by atoms with Crippen LogP contribution in [0.2, 0.25) is 0 Å². The molecule has 1 aromatic rings. The van der Waals surface area contributed by atoms with Crippen LogP contribution in [-0.4, -0.2) is 12.1 Å². The van der Waals surface area contributed by atoms with Crippen molar-refractivity contribution in [3.8, 4) is 0 Å². The van der Waals surface area contributed by atoms with Gasteiger partial charge in [0, 0.05) is 0 Å². The molecule has 0 radical (unpaired) electrons. The fraction of sp³-hybridized carbons (Fsp3) is 0.500. The maximum absolute atomic E-state index is 11.6. The van der Waals surface area contributed by atoms with Crippen LogP contribution in [0.3, 0.4) is 0 Å². The average molecular weight is 220 g/mol. The van der Waals surface area contributed by atoms with E-state index in [2.05, 4.69) is 13.8 Å². The molecule has 0 aliphatic rings. The zero-order valence-electron chi connectivity index (χ0n) is 10.5. The number of rotatable bonds is 4. The lowest BCUT2D eigenvalue weighted by molar-refractivity contribution is 0.0378. The van der Waals surface area contributed by atoms with E-state index in [-0.39, 0.29) is 12.1 Å². The van der Waals surface area contributed by atoms with Crippen molar-refractivity contribution in [2.24, 2.45) is 0 Å². The number of hydrogen-bond acceptors (Lipinski definition) is 2. The number of carbonyl (C=O) groups is 1. The third kappa shape index (κ3) is 3.37. The minimum Gasteiger partial charge on any atom is -0.459 e. The Hall–Kier alpha value is -1.31. The summed E-state index contributed by atoms with van der Waals surface area (Å²) in [6, 6.07) is 7.69. The van der Waals surface area contributed by atoms with Crippen molar-refractivity contribution in [3.05, 3.63) is 35.4 Å². The molecule has 16 heavy (non-hydrogen) atoms. The van der Waals surface area contributed by atoms with Crippen LogP contribution < -0.4 is 0 Å². The highest BCUT2D eigenvalue weighted by Gasteiger charge is 2.09. The van der Waals surface area contributed by atoms with E-state index in [1.165, 1.54) is 5.56 Å². The number of ether oxygens (including phenoxy) is 1. The van der Waals surface area contributed by atoms with Crippen molar-refractivity contribution < 1.29 is 9.53 Å². The highest BCUT2D eigenvalue weighted by molar-refractivity contribution is 5.89.